The van der Waals surface area contributed by atoms with Crippen LogP contribution in [0.5, 0.6) is 0 Å². The van der Waals surface area contributed by atoms with Crippen LogP contribution in [-0.2, 0) is 20.7 Å². The molecule has 0 aliphatic heterocycles. The van der Waals surface area contributed by atoms with Crippen molar-refractivity contribution in [2.45, 2.75) is 32.4 Å². The van der Waals surface area contributed by atoms with E-state index in [9.17, 15) is 9.59 Å². The van der Waals surface area contributed by atoms with E-state index in [1.165, 1.54) is 6.92 Å². The van der Waals surface area contributed by atoms with Gasteiger partial charge in [0.05, 0.1) is 6.61 Å². The lowest BCUT2D eigenvalue weighted by Crippen LogP contribution is -2.25. The standard InChI is InChI=1S/C15H20O3S/c1-11(2)10-18-15(17)14(19-12(3)16)9-13-7-5-4-6-8-13/h4-8,11,14H,9-10H2,1-3H3/t14-/m1/s1. The Morgan fingerprint density at radius 1 is 1.21 bits per heavy atom. The second kappa shape index (κ2) is 8.00. The third-order valence-electron chi connectivity index (χ3n) is 2.39. The first-order chi connectivity index (χ1) is 8.99. The minimum atomic E-state index is -0.460. The van der Waals surface area contributed by atoms with E-state index < -0.39 is 5.25 Å². The van der Waals surface area contributed by atoms with E-state index in [0.29, 0.717) is 18.9 Å². The molecule has 1 rings (SSSR count). The smallest absolute Gasteiger partial charge is 0.319 e. The highest BCUT2D eigenvalue weighted by Gasteiger charge is 2.23. The SMILES string of the molecule is CC(=O)S[C@H](Cc1ccccc1)C(=O)OCC(C)C. The van der Waals surface area contributed by atoms with Crippen LogP contribution >= 0.6 is 11.8 Å². The first-order valence-electron chi connectivity index (χ1n) is 6.36. The fourth-order valence-corrected chi connectivity index (χ4v) is 2.38. The first kappa shape index (κ1) is 15.8. The highest BCUT2D eigenvalue weighted by atomic mass is 32.2. The Kier molecular flexibility index (Phi) is 6.64. The Bertz CT molecular complexity index is 415. The van der Waals surface area contributed by atoms with Gasteiger partial charge in [-0.2, -0.15) is 0 Å². The third-order valence-corrected chi connectivity index (χ3v) is 3.37. The molecular formula is C15H20O3S. The molecule has 3 nitrogen and oxygen atoms in total. The Balaban J connectivity index is 2.66. The van der Waals surface area contributed by atoms with Gasteiger partial charge in [0, 0.05) is 6.92 Å². The number of benzene rings is 1. The molecule has 0 aliphatic carbocycles. The normalized spacial score (nSPS) is 12.2. The van der Waals surface area contributed by atoms with Crippen LogP contribution < -0.4 is 0 Å². The molecular weight excluding hydrogens is 260 g/mol. The average molecular weight is 280 g/mol. The quantitative estimate of drug-likeness (QED) is 0.751. The molecule has 0 saturated carbocycles. The topological polar surface area (TPSA) is 43.4 Å². The third kappa shape index (κ3) is 6.43. The summed E-state index contributed by atoms with van der Waals surface area (Å²) in [6.07, 6.45) is 0.516. The van der Waals surface area contributed by atoms with E-state index >= 15 is 0 Å². The van der Waals surface area contributed by atoms with Gasteiger partial charge in [-0.25, -0.2) is 0 Å². The second-order valence-corrected chi connectivity index (χ2v) is 6.19. The molecule has 0 heterocycles. The molecule has 0 N–H and O–H groups in total. The summed E-state index contributed by atoms with van der Waals surface area (Å²) < 4.78 is 5.23. The maximum Gasteiger partial charge on any atom is 0.319 e. The van der Waals surface area contributed by atoms with Gasteiger partial charge < -0.3 is 4.74 Å². The van der Waals surface area contributed by atoms with Gasteiger partial charge in [0.1, 0.15) is 5.25 Å². The number of esters is 1. The van der Waals surface area contributed by atoms with Gasteiger partial charge in [0.25, 0.3) is 0 Å². The zero-order valence-electron chi connectivity index (χ0n) is 11.6. The van der Waals surface area contributed by atoms with Crippen molar-refractivity contribution < 1.29 is 14.3 Å². The van der Waals surface area contributed by atoms with E-state index in [-0.39, 0.29) is 11.1 Å². The lowest BCUT2D eigenvalue weighted by atomic mass is 10.1. The molecule has 104 valence electrons. The van der Waals surface area contributed by atoms with Crippen LogP contribution in [0, 0.1) is 5.92 Å². The summed E-state index contributed by atoms with van der Waals surface area (Å²) >= 11 is 1.04. The van der Waals surface area contributed by atoms with Gasteiger partial charge in [0.2, 0.25) is 0 Å². The summed E-state index contributed by atoms with van der Waals surface area (Å²) in [6, 6.07) is 9.66. The van der Waals surface area contributed by atoms with Crippen molar-refractivity contribution >= 4 is 22.8 Å². The summed E-state index contributed by atoms with van der Waals surface area (Å²) in [5.74, 6) is -0.0126. The van der Waals surface area contributed by atoms with Crippen molar-refractivity contribution in [1.29, 1.82) is 0 Å². The highest BCUT2D eigenvalue weighted by molar-refractivity contribution is 8.14. The summed E-state index contributed by atoms with van der Waals surface area (Å²) in [5, 5.41) is -0.527. The molecule has 1 aromatic carbocycles. The molecule has 0 spiro atoms. The van der Waals surface area contributed by atoms with Crippen molar-refractivity contribution in [3.63, 3.8) is 0 Å². The molecule has 1 atom stereocenters. The van der Waals surface area contributed by atoms with Crippen LogP contribution in [0.3, 0.4) is 0 Å². The highest BCUT2D eigenvalue weighted by Crippen LogP contribution is 2.19. The van der Waals surface area contributed by atoms with E-state index in [1.54, 1.807) is 0 Å². The van der Waals surface area contributed by atoms with Crippen LogP contribution in [0.15, 0.2) is 30.3 Å². The molecule has 0 radical (unpaired) electrons. The number of carbonyl (C=O) groups excluding carboxylic acids is 2. The molecule has 0 fully saturated rings. The summed E-state index contributed by atoms with van der Waals surface area (Å²) in [6.45, 7) is 5.83. The van der Waals surface area contributed by atoms with Crippen LogP contribution in [0.4, 0.5) is 0 Å². The Hall–Kier alpha value is -1.29. The van der Waals surface area contributed by atoms with Crippen LogP contribution in [0.25, 0.3) is 0 Å². The molecule has 1 aromatic rings. The number of rotatable bonds is 6. The monoisotopic (exact) mass is 280 g/mol. The van der Waals surface area contributed by atoms with Crippen molar-refractivity contribution in [2.75, 3.05) is 6.61 Å². The largest absolute Gasteiger partial charge is 0.465 e. The average Bonchev–Trinajstić information content (AvgIpc) is 2.36. The van der Waals surface area contributed by atoms with E-state index in [2.05, 4.69) is 0 Å². The van der Waals surface area contributed by atoms with Crippen molar-refractivity contribution in [1.82, 2.24) is 0 Å². The fourth-order valence-electron chi connectivity index (χ4n) is 1.54. The maximum absolute atomic E-state index is 12.0. The second-order valence-electron chi connectivity index (χ2n) is 4.81. The summed E-state index contributed by atoms with van der Waals surface area (Å²) in [7, 11) is 0. The minimum absolute atomic E-state index is 0.0672. The number of hydrogen-bond donors (Lipinski definition) is 0. The van der Waals surface area contributed by atoms with Crippen LogP contribution in [0.1, 0.15) is 26.3 Å². The van der Waals surface area contributed by atoms with Crippen molar-refractivity contribution in [3.05, 3.63) is 35.9 Å². The van der Waals surface area contributed by atoms with E-state index in [0.717, 1.165) is 17.3 Å². The molecule has 0 unspecified atom stereocenters. The molecule has 0 aromatic heterocycles. The molecule has 19 heavy (non-hydrogen) atoms. The zero-order valence-corrected chi connectivity index (χ0v) is 12.4. The predicted octanol–water partition coefficient (Wildman–Crippen LogP) is 3.08. The van der Waals surface area contributed by atoms with Crippen LogP contribution in [-0.4, -0.2) is 22.9 Å². The van der Waals surface area contributed by atoms with Crippen molar-refractivity contribution in [2.24, 2.45) is 5.92 Å². The molecule has 4 heteroatoms. The zero-order chi connectivity index (χ0) is 14.3. The van der Waals surface area contributed by atoms with Crippen LogP contribution in [0.2, 0.25) is 0 Å². The Morgan fingerprint density at radius 2 is 1.84 bits per heavy atom. The summed E-state index contributed by atoms with van der Waals surface area (Å²) in [5.41, 5.74) is 1.03. The molecule has 0 bridgehead atoms. The fraction of sp³-hybridized carbons (Fsp3) is 0.467. The van der Waals surface area contributed by atoms with Gasteiger partial charge in [0.15, 0.2) is 5.12 Å². The Morgan fingerprint density at radius 3 is 2.37 bits per heavy atom. The first-order valence-corrected chi connectivity index (χ1v) is 7.24. The predicted molar refractivity (Wildman–Crippen MR) is 78.0 cm³/mol. The number of thioether (sulfide) groups is 1. The number of ether oxygens (including phenoxy) is 1. The Labute approximate surface area is 118 Å². The minimum Gasteiger partial charge on any atom is -0.465 e. The molecule has 0 aliphatic rings. The van der Waals surface area contributed by atoms with Gasteiger partial charge in [-0.05, 0) is 17.9 Å². The van der Waals surface area contributed by atoms with E-state index in [1.807, 2.05) is 44.2 Å². The van der Waals surface area contributed by atoms with E-state index in [4.69, 9.17) is 4.74 Å². The van der Waals surface area contributed by atoms with Gasteiger partial charge in [-0.15, -0.1) is 0 Å². The van der Waals surface area contributed by atoms with Gasteiger partial charge in [-0.1, -0.05) is 55.9 Å². The maximum atomic E-state index is 12.0. The van der Waals surface area contributed by atoms with Gasteiger partial charge >= 0.3 is 5.97 Å². The lowest BCUT2D eigenvalue weighted by molar-refractivity contribution is -0.144. The number of hydrogen-bond acceptors (Lipinski definition) is 4. The molecule has 0 saturated heterocycles. The van der Waals surface area contributed by atoms with Crippen molar-refractivity contribution in [3.8, 4) is 0 Å². The number of carbonyl (C=O) groups is 2. The lowest BCUT2D eigenvalue weighted by Gasteiger charge is -2.15. The molecule has 0 amide bonds. The van der Waals surface area contributed by atoms with Gasteiger partial charge in [-0.3, -0.25) is 9.59 Å². The summed E-state index contributed by atoms with van der Waals surface area (Å²) in [4.78, 5) is 23.2.